The molecule has 0 bridgehead atoms. The summed E-state index contributed by atoms with van der Waals surface area (Å²) in [6, 6.07) is 8.70. The van der Waals surface area contributed by atoms with Gasteiger partial charge in [0.1, 0.15) is 0 Å². The van der Waals surface area contributed by atoms with E-state index in [-0.39, 0.29) is 6.10 Å². The van der Waals surface area contributed by atoms with Crippen molar-refractivity contribution in [3.05, 3.63) is 35.4 Å². The maximum Gasteiger partial charge on any atom is 0.0949 e. The Morgan fingerprint density at radius 2 is 2.00 bits per heavy atom. The van der Waals surface area contributed by atoms with Crippen molar-refractivity contribution in [1.82, 2.24) is 5.32 Å². The number of rotatable bonds is 11. The summed E-state index contributed by atoms with van der Waals surface area (Å²) in [5, 5.41) is 3.43. The molecular formula is C19H33NO. The minimum atomic E-state index is 0.167. The van der Waals surface area contributed by atoms with Gasteiger partial charge in [0.2, 0.25) is 0 Å². The van der Waals surface area contributed by atoms with Gasteiger partial charge in [0, 0.05) is 6.54 Å². The molecule has 0 radical (unpaired) electrons. The average molecular weight is 291 g/mol. The van der Waals surface area contributed by atoms with Crippen LogP contribution in [0.25, 0.3) is 0 Å². The van der Waals surface area contributed by atoms with Crippen molar-refractivity contribution in [3.63, 3.8) is 0 Å². The molecule has 2 nitrogen and oxygen atoms in total. The second-order valence-electron chi connectivity index (χ2n) is 5.96. The van der Waals surface area contributed by atoms with Crippen LogP contribution in [0.2, 0.25) is 0 Å². The summed E-state index contributed by atoms with van der Waals surface area (Å²) in [4.78, 5) is 0. The molecule has 1 aromatic carbocycles. The van der Waals surface area contributed by atoms with E-state index in [2.05, 4.69) is 57.3 Å². The van der Waals surface area contributed by atoms with Gasteiger partial charge in [0.25, 0.3) is 0 Å². The number of nitrogens with one attached hydrogen (secondary N) is 1. The molecule has 2 heteroatoms. The van der Waals surface area contributed by atoms with E-state index < -0.39 is 0 Å². The molecule has 0 aliphatic carbocycles. The number of unbranched alkanes of at least 4 members (excludes halogenated alkanes) is 1. The Hall–Kier alpha value is -0.860. The lowest BCUT2D eigenvalue weighted by Gasteiger charge is -2.23. The predicted molar refractivity (Wildman–Crippen MR) is 91.7 cm³/mol. The van der Waals surface area contributed by atoms with Crippen LogP contribution in [0.4, 0.5) is 0 Å². The number of hydrogen-bond donors (Lipinski definition) is 1. The van der Waals surface area contributed by atoms with E-state index in [4.69, 9.17) is 4.74 Å². The fourth-order valence-electron chi connectivity index (χ4n) is 2.57. The minimum Gasteiger partial charge on any atom is -0.372 e. The predicted octanol–water partition coefficient (Wildman–Crippen LogP) is 4.88. The average Bonchev–Trinajstić information content (AvgIpc) is 2.50. The minimum absolute atomic E-state index is 0.167. The Labute approximate surface area is 131 Å². The summed E-state index contributed by atoms with van der Waals surface area (Å²) in [6.45, 7) is 11.6. The molecule has 21 heavy (non-hydrogen) atoms. The normalized spacial score (nSPS) is 14.1. The van der Waals surface area contributed by atoms with E-state index in [1.54, 1.807) is 0 Å². The molecule has 120 valence electrons. The summed E-state index contributed by atoms with van der Waals surface area (Å²) in [7, 11) is 0. The van der Waals surface area contributed by atoms with Gasteiger partial charge in [-0.3, -0.25) is 0 Å². The van der Waals surface area contributed by atoms with E-state index >= 15 is 0 Å². The largest absolute Gasteiger partial charge is 0.372 e. The number of benzene rings is 1. The van der Waals surface area contributed by atoms with Crippen LogP contribution in [0, 0.1) is 12.8 Å². The van der Waals surface area contributed by atoms with Crippen molar-refractivity contribution in [2.24, 2.45) is 5.92 Å². The summed E-state index contributed by atoms with van der Waals surface area (Å²) in [6.07, 6.45) is 5.25. The molecule has 0 fully saturated rings. The lowest BCUT2D eigenvalue weighted by molar-refractivity contribution is 0.0252. The molecule has 2 atom stereocenters. The molecule has 0 aromatic heterocycles. The Morgan fingerprint density at radius 1 is 1.19 bits per heavy atom. The van der Waals surface area contributed by atoms with Gasteiger partial charge in [-0.05, 0) is 31.4 Å². The third-order valence-corrected chi connectivity index (χ3v) is 4.07. The molecule has 2 unspecified atom stereocenters. The highest BCUT2D eigenvalue weighted by molar-refractivity contribution is 5.24. The van der Waals surface area contributed by atoms with Gasteiger partial charge < -0.3 is 10.1 Å². The fraction of sp³-hybridized carbons (Fsp3) is 0.684. The van der Waals surface area contributed by atoms with E-state index in [9.17, 15) is 0 Å². The zero-order valence-electron chi connectivity index (χ0n) is 14.3. The van der Waals surface area contributed by atoms with E-state index in [1.165, 1.54) is 36.8 Å². The number of aryl methyl sites for hydroxylation is 1. The standard InChI is InChI=1S/C19H33NO/c1-5-8-11-17(6-2)15-21-19(14-20-7-3)18-12-9-10-16(4)13-18/h9-10,12-13,17,19-20H,5-8,11,14-15H2,1-4H3. The summed E-state index contributed by atoms with van der Waals surface area (Å²) in [5.74, 6) is 0.693. The zero-order valence-corrected chi connectivity index (χ0v) is 14.3. The molecule has 1 N–H and O–H groups in total. The molecule has 0 spiro atoms. The molecular weight excluding hydrogens is 258 g/mol. The SMILES string of the molecule is CCCCC(CC)COC(CNCC)c1cccc(C)c1. The molecule has 0 saturated carbocycles. The second-order valence-corrected chi connectivity index (χ2v) is 5.96. The van der Waals surface area contributed by atoms with E-state index in [0.29, 0.717) is 5.92 Å². The topological polar surface area (TPSA) is 21.3 Å². The lowest BCUT2D eigenvalue weighted by Crippen LogP contribution is -2.25. The first kappa shape index (κ1) is 18.2. The Morgan fingerprint density at radius 3 is 2.62 bits per heavy atom. The molecule has 0 saturated heterocycles. The van der Waals surface area contributed by atoms with Crippen LogP contribution in [0.5, 0.6) is 0 Å². The van der Waals surface area contributed by atoms with Crippen molar-refractivity contribution < 1.29 is 4.74 Å². The van der Waals surface area contributed by atoms with Crippen molar-refractivity contribution in [1.29, 1.82) is 0 Å². The van der Waals surface area contributed by atoms with Crippen LogP contribution < -0.4 is 5.32 Å². The number of hydrogen-bond acceptors (Lipinski definition) is 2. The van der Waals surface area contributed by atoms with Crippen LogP contribution in [0.3, 0.4) is 0 Å². The Bertz CT molecular complexity index is 378. The first-order valence-electron chi connectivity index (χ1n) is 8.60. The molecule has 0 amide bonds. The Kier molecular flexibility index (Phi) is 9.36. The van der Waals surface area contributed by atoms with Gasteiger partial charge in [-0.2, -0.15) is 0 Å². The maximum atomic E-state index is 6.27. The zero-order chi connectivity index (χ0) is 15.5. The van der Waals surface area contributed by atoms with Crippen LogP contribution in [-0.2, 0) is 4.74 Å². The van der Waals surface area contributed by atoms with Gasteiger partial charge in [-0.15, -0.1) is 0 Å². The third kappa shape index (κ3) is 7.10. The highest BCUT2D eigenvalue weighted by Gasteiger charge is 2.14. The lowest BCUT2D eigenvalue weighted by atomic mass is 10.00. The highest BCUT2D eigenvalue weighted by Crippen LogP contribution is 2.21. The van der Waals surface area contributed by atoms with Crippen LogP contribution in [0.15, 0.2) is 24.3 Å². The molecule has 1 aromatic rings. The van der Waals surface area contributed by atoms with Crippen LogP contribution in [0.1, 0.15) is 63.7 Å². The maximum absolute atomic E-state index is 6.27. The number of ether oxygens (including phenoxy) is 1. The molecule has 1 rings (SSSR count). The van der Waals surface area contributed by atoms with Crippen molar-refractivity contribution in [2.45, 2.75) is 59.5 Å². The van der Waals surface area contributed by atoms with Gasteiger partial charge in [-0.1, -0.05) is 69.9 Å². The molecule has 0 heterocycles. The Balaban J connectivity index is 2.60. The third-order valence-electron chi connectivity index (χ3n) is 4.07. The smallest absolute Gasteiger partial charge is 0.0949 e. The number of likely N-dealkylation sites (N-methyl/N-ethyl adjacent to an activating group) is 1. The first-order valence-corrected chi connectivity index (χ1v) is 8.60. The van der Waals surface area contributed by atoms with Crippen LogP contribution in [-0.4, -0.2) is 19.7 Å². The fourth-order valence-corrected chi connectivity index (χ4v) is 2.57. The summed E-state index contributed by atoms with van der Waals surface area (Å²) >= 11 is 0. The van der Waals surface area contributed by atoms with Gasteiger partial charge >= 0.3 is 0 Å². The monoisotopic (exact) mass is 291 g/mol. The van der Waals surface area contributed by atoms with Gasteiger partial charge in [-0.25, -0.2) is 0 Å². The van der Waals surface area contributed by atoms with Crippen molar-refractivity contribution in [2.75, 3.05) is 19.7 Å². The highest BCUT2D eigenvalue weighted by atomic mass is 16.5. The quantitative estimate of drug-likeness (QED) is 0.627. The van der Waals surface area contributed by atoms with E-state index in [0.717, 1.165) is 19.7 Å². The molecule has 0 aliphatic rings. The first-order chi connectivity index (χ1) is 10.2. The van der Waals surface area contributed by atoms with Gasteiger partial charge in [0.05, 0.1) is 12.7 Å². The van der Waals surface area contributed by atoms with Crippen molar-refractivity contribution >= 4 is 0 Å². The summed E-state index contributed by atoms with van der Waals surface area (Å²) < 4.78 is 6.27. The van der Waals surface area contributed by atoms with Crippen LogP contribution >= 0.6 is 0 Å². The molecule has 0 aliphatic heterocycles. The van der Waals surface area contributed by atoms with Gasteiger partial charge in [0.15, 0.2) is 0 Å². The van der Waals surface area contributed by atoms with Crippen molar-refractivity contribution in [3.8, 4) is 0 Å². The second kappa shape index (κ2) is 10.8. The van der Waals surface area contributed by atoms with E-state index in [1.807, 2.05) is 0 Å². The summed E-state index contributed by atoms with van der Waals surface area (Å²) in [5.41, 5.74) is 2.59.